The summed E-state index contributed by atoms with van der Waals surface area (Å²) >= 11 is 0. The van der Waals surface area contributed by atoms with Gasteiger partial charge < -0.3 is 9.67 Å². The molecule has 2 heterocycles. The number of aryl methyl sites for hydroxylation is 1. The van der Waals surface area contributed by atoms with Crippen molar-refractivity contribution in [3.63, 3.8) is 0 Å². The van der Waals surface area contributed by atoms with Gasteiger partial charge in [-0.25, -0.2) is 4.98 Å². The van der Waals surface area contributed by atoms with E-state index in [1.807, 2.05) is 29.0 Å². The quantitative estimate of drug-likeness (QED) is 0.788. The number of hydrogen-bond acceptors (Lipinski definition) is 4. The van der Waals surface area contributed by atoms with Crippen molar-refractivity contribution in [1.29, 1.82) is 0 Å². The molecule has 1 atom stereocenters. The number of aliphatic hydroxyl groups excluding tert-OH is 1. The number of benzene rings is 1. The zero-order valence-corrected chi connectivity index (χ0v) is 11.3. The predicted molar refractivity (Wildman–Crippen MR) is 76.1 cm³/mol. The van der Waals surface area contributed by atoms with Gasteiger partial charge in [0.2, 0.25) is 0 Å². The van der Waals surface area contributed by atoms with Crippen LogP contribution in [0.3, 0.4) is 0 Å². The van der Waals surface area contributed by atoms with Gasteiger partial charge in [0.05, 0.1) is 11.0 Å². The van der Waals surface area contributed by atoms with Crippen LogP contribution in [0.2, 0.25) is 0 Å². The maximum absolute atomic E-state index is 10.6. The number of aliphatic hydroxyl groups is 1. The molecule has 3 aromatic rings. The van der Waals surface area contributed by atoms with Gasteiger partial charge in [0.15, 0.2) is 0 Å². The van der Waals surface area contributed by atoms with Crippen LogP contribution in [0, 0.1) is 0 Å². The molecule has 102 valence electrons. The molecule has 0 aliphatic heterocycles. The molecule has 0 radical (unpaired) electrons. The smallest absolute Gasteiger partial charge is 0.142 e. The lowest BCUT2D eigenvalue weighted by molar-refractivity contribution is 0.205. The summed E-state index contributed by atoms with van der Waals surface area (Å²) in [6.07, 6.45) is 7.08. The second-order valence-corrected chi connectivity index (χ2v) is 4.65. The van der Waals surface area contributed by atoms with Crippen molar-refractivity contribution in [2.75, 3.05) is 0 Å². The number of nitrogens with zero attached hydrogens (tertiary/aromatic N) is 4. The molecule has 0 saturated carbocycles. The molecule has 0 bridgehead atoms. The minimum atomic E-state index is -0.794. The lowest BCUT2D eigenvalue weighted by Crippen LogP contribution is -2.10. The SMILES string of the molecule is CCCn1ccnc1C(O)c1cccc2nccnc12. The Kier molecular flexibility index (Phi) is 3.43. The molecule has 0 amide bonds. The lowest BCUT2D eigenvalue weighted by Gasteiger charge is -2.14. The number of imidazole rings is 1. The van der Waals surface area contributed by atoms with Crippen molar-refractivity contribution >= 4 is 11.0 Å². The van der Waals surface area contributed by atoms with Gasteiger partial charge in [-0.05, 0) is 12.5 Å². The Morgan fingerprint density at radius 3 is 2.85 bits per heavy atom. The van der Waals surface area contributed by atoms with Crippen LogP contribution in [0.5, 0.6) is 0 Å². The summed E-state index contributed by atoms with van der Waals surface area (Å²) in [5.41, 5.74) is 2.23. The van der Waals surface area contributed by atoms with Crippen LogP contribution in [0.1, 0.15) is 30.8 Å². The summed E-state index contributed by atoms with van der Waals surface area (Å²) in [4.78, 5) is 12.9. The molecule has 1 N–H and O–H groups in total. The first-order chi connectivity index (χ1) is 9.81. The number of rotatable bonds is 4. The standard InChI is InChI=1S/C15H16N4O/c1-2-9-19-10-8-18-15(19)14(20)11-4-3-5-12-13(11)17-7-6-16-12/h3-8,10,14,20H,2,9H2,1H3. The first-order valence-corrected chi connectivity index (χ1v) is 6.70. The third-order valence-corrected chi connectivity index (χ3v) is 3.28. The van der Waals surface area contributed by atoms with Crippen LogP contribution in [0.4, 0.5) is 0 Å². The Morgan fingerprint density at radius 1 is 1.15 bits per heavy atom. The van der Waals surface area contributed by atoms with Crippen LogP contribution in [0.25, 0.3) is 11.0 Å². The highest BCUT2D eigenvalue weighted by molar-refractivity contribution is 5.78. The van der Waals surface area contributed by atoms with Gasteiger partial charge in [0, 0.05) is 36.9 Å². The Morgan fingerprint density at radius 2 is 2.00 bits per heavy atom. The first kappa shape index (κ1) is 12.7. The Labute approximate surface area is 117 Å². The topological polar surface area (TPSA) is 63.8 Å². The highest BCUT2D eigenvalue weighted by Crippen LogP contribution is 2.25. The molecule has 2 aromatic heterocycles. The van der Waals surface area contributed by atoms with E-state index in [1.165, 1.54) is 0 Å². The molecule has 3 rings (SSSR count). The molecular weight excluding hydrogens is 252 g/mol. The number of hydrogen-bond donors (Lipinski definition) is 1. The van der Waals surface area contributed by atoms with Crippen LogP contribution in [-0.4, -0.2) is 24.6 Å². The van der Waals surface area contributed by atoms with Gasteiger partial charge in [-0.3, -0.25) is 9.97 Å². The van der Waals surface area contributed by atoms with E-state index >= 15 is 0 Å². The van der Waals surface area contributed by atoms with E-state index in [0.717, 1.165) is 24.0 Å². The van der Waals surface area contributed by atoms with Crippen molar-refractivity contribution in [2.45, 2.75) is 26.0 Å². The van der Waals surface area contributed by atoms with Crippen molar-refractivity contribution in [2.24, 2.45) is 0 Å². The van der Waals surface area contributed by atoms with Crippen LogP contribution in [-0.2, 0) is 6.54 Å². The van der Waals surface area contributed by atoms with E-state index in [9.17, 15) is 5.11 Å². The fourth-order valence-corrected chi connectivity index (χ4v) is 2.37. The lowest BCUT2D eigenvalue weighted by atomic mass is 10.1. The van der Waals surface area contributed by atoms with Crippen LogP contribution < -0.4 is 0 Å². The van der Waals surface area contributed by atoms with E-state index in [0.29, 0.717) is 11.3 Å². The van der Waals surface area contributed by atoms with Gasteiger partial charge in [0.25, 0.3) is 0 Å². The molecule has 1 aromatic carbocycles. The highest BCUT2D eigenvalue weighted by atomic mass is 16.3. The third-order valence-electron chi connectivity index (χ3n) is 3.28. The zero-order valence-electron chi connectivity index (χ0n) is 11.3. The number of aromatic nitrogens is 4. The predicted octanol–water partition coefficient (Wildman–Crippen LogP) is 2.32. The van der Waals surface area contributed by atoms with Crippen molar-refractivity contribution in [1.82, 2.24) is 19.5 Å². The molecule has 1 unspecified atom stereocenters. The maximum Gasteiger partial charge on any atom is 0.142 e. The van der Waals surface area contributed by atoms with Crippen molar-refractivity contribution in [3.05, 3.63) is 54.4 Å². The Hall–Kier alpha value is -2.27. The first-order valence-electron chi connectivity index (χ1n) is 6.70. The van der Waals surface area contributed by atoms with Gasteiger partial charge in [-0.15, -0.1) is 0 Å². The molecule has 5 heteroatoms. The summed E-state index contributed by atoms with van der Waals surface area (Å²) in [6.45, 7) is 2.93. The van der Waals surface area contributed by atoms with Gasteiger partial charge in [-0.2, -0.15) is 0 Å². The highest BCUT2D eigenvalue weighted by Gasteiger charge is 2.19. The number of para-hydroxylation sites is 1. The third kappa shape index (κ3) is 2.16. The normalized spacial score (nSPS) is 12.7. The molecule has 0 spiro atoms. The van der Waals surface area contributed by atoms with Gasteiger partial charge >= 0.3 is 0 Å². The average molecular weight is 268 g/mol. The van der Waals surface area contributed by atoms with E-state index in [-0.39, 0.29) is 0 Å². The largest absolute Gasteiger partial charge is 0.380 e. The molecule has 20 heavy (non-hydrogen) atoms. The van der Waals surface area contributed by atoms with Crippen molar-refractivity contribution < 1.29 is 5.11 Å². The van der Waals surface area contributed by atoms with Crippen LogP contribution >= 0.6 is 0 Å². The molecule has 0 aliphatic carbocycles. The second-order valence-electron chi connectivity index (χ2n) is 4.65. The van der Waals surface area contributed by atoms with E-state index in [4.69, 9.17) is 0 Å². The fraction of sp³-hybridized carbons (Fsp3) is 0.267. The second kappa shape index (κ2) is 5.38. The summed E-state index contributed by atoms with van der Waals surface area (Å²) in [6, 6.07) is 5.63. The monoisotopic (exact) mass is 268 g/mol. The number of fused-ring (bicyclic) bond motifs is 1. The summed E-state index contributed by atoms with van der Waals surface area (Å²) in [5, 5.41) is 10.6. The summed E-state index contributed by atoms with van der Waals surface area (Å²) in [5.74, 6) is 0.644. The van der Waals surface area contributed by atoms with E-state index in [1.54, 1.807) is 18.6 Å². The molecular formula is C15H16N4O. The summed E-state index contributed by atoms with van der Waals surface area (Å²) in [7, 11) is 0. The van der Waals surface area contributed by atoms with Crippen LogP contribution in [0.15, 0.2) is 43.0 Å². The van der Waals surface area contributed by atoms with Gasteiger partial charge in [-0.1, -0.05) is 19.1 Å². The molecule has 0 aliphatic rings. The van der Waals surface area contributed by atoms with E-state index < -0.39 is 6.10 Å². The Balaban J connectivity index is 2.08. The fourth-order valence-electron chi connectivity index (χ4n) is 2.37. The molecule has 0 saturated heterocycles. The minimum absolute atomic E-state index is 0.644. The molecule has 0 fully saturated rings. The average Bonchev–Trinajstić information content (AvgIpc) is 2.94. The van der Waals surface area contributed by atoms with Gasteiger partial charge in [0.1, 0.15) is 11.9 Å². The molecule has 5 nitrogen and oxygen atoms in total. The maximum atomic E-state index is 10.6. The zero-order chi connectivity index (χ0) is 13.9. The minimum Gasteiger partial charge on any atom is -0.380 e. The summed E-state index contributed by atoms with van der Waals surface area (Å²) < 4.78 is 1.97. The van der Waals surface area contributed by atoms with Crippen molar-refractivity contribution in [3.8, 4) is 0 Å². The Bertz CT molecular complexity index is 717. The van der Waals surface area contributed by atoms with E-state index in [2.05, 4.69) is 21.9 Å².